The molecule has 6 atom stereocenters. The lowest BCUT2D eigenvalue weighted by Crippen LogP contribution is -2.68. The fourth-order valence-corrected chi connectivity index (χ4v) is 8.76. The molecule has 10 nitrogen and oxygen atoms in total. The summed E-state index contributed by atoms with van der Waals surface area (Å²) in [6.07, 6.45) is 7.61. The van der Waals surface area contributed by atoms with Gasteiger partial charge in [-0.15, -0.1) is 5.73 Å². The van der Waals surface area contributed by atoms with Gasteiger partial charge in [-0.2, -0.15) is 0 Å². The monoisotopic (exact) mass is 659 g/mol. The lowest BCUT2D eigenvalue weighted by molar-refractivity contribution is -0.565. The van der Waals surface area contributed by atoms with Crippen molar-refractivity contribution < 1.29 is 22.9 Å². The lowest BCUT2D eigenvalue weighted by Gasteiger charge is -2.46. The summed E-state index contributed by atoms with van der Waals surface area (Å²) in [5, 5.41) is 6.25. The van der Waals surface area contributed by atoms with Crippen molar-refractivity contribution in [3.8, 4) is 0 Å². The second-order valence-corrected chi connectivity index (χ2v) is 14.4. The predicted molar refractivity (Wildman–Crippen MR) is 180 cm³/mol. The van der Waals surface area contributed by atoms with E-state index in [1.807, 2.05) is 6.92 Å². The molecule has 0 aliphatic carbocycles. The largest absolute Gasteiger partial charge is 0.350 e. The highest BCUT2D eigenvalue weighted by atomic mass is 19.1. The number of hydrogen-bond acceptors (Lipinski definition) is 7. The summed E-state index contributed by atoms with van der Waals surface area (Å²) in [4.78, 5) is 34.4. The molecule has 0 saturated carbocycles. The van der Waals surface area contributed by atoms with Gasteiger partial charge in [0.05, 0.1) is 18.2 Å². The molecular weight excluding hydrogens is 602 g/mol. The third kappa shape index (κ3) is 8.23. The molecule has 0 aromatic heterocycles. The van der Waals surface area contributed by atoms with Crippen LogP contribution >= 0.6 is 0 Å². The molecule has 0 bridgehead atoms. The van der Waals surface area contributed by atoms with Crippen LogP contribution in [0.15, 0.2) is 29.8 Å². The molecule has 0 aromatic rings. The summed E-state index contributed by atoms with van der Waals surface area (Å²) in [5.74, 6) is -1.65. The number of amides is 2. The first-order valence-electron chi connectivity index (χ1n) is 17.9. The standard InChI is InChI=1S/C35H56F2N8O2/c1-4-8-24(5-2)31(45-21-23(3)28(37)22-45)30(33(38)39)34(46)41-29-20-40-19-27(36)32(29)43-15-9-25(10-16-43)35(47)44-17-11-26(12-18-44)42-13-6-7-14-42/h8,22,24-27,29-33,40H,1,5-7,9-21,38-39H2,2-3H3/p+1. The Hall–Kier alpha value is -2.47. The first-order chi connectivity index (χ1) is 22.6. The van der Waals surface area contributed by atoms with Crippen molar-refractivity contribution >= 4 is 18.0 Å². The SMILES string of the molecule is C=C=CC(CC)C(C(C(=O)NC1CNCC(F)C1N1CCC(C(=O)N2CCC(N3CCCC3)CC2)CC1)C(N)N)[N+]1=CC(F)=C(C)C1. The zero-order valence-electron chi connectivity index (χ0n) is 28.4. The van der Waals surface area contributed by atoms with Crippen LogP contribution in [0.25, 0.3) is 0 Å². The van der Waals surface area contributed by atoms with Crippen LogP contribution in [0, 0.1) is 17.8 Å². The van der Waals surface area contributed by atoms with Crippen molar-refractivity contribution in [3.63, 3.8) is 0 Å². The number of carbonyl (C=O) groups is 2. The normalized spacial score (nSPS) is 29.0. The van der Waals surface area contributed by atoms with E-state index in [1.165, 1.54) is 32.1 Å². The molecule has 47 heavy (non-hydrogen) atoms. The summed E-state index contributed by atoms with van der Waals surface area (Å²) in [6.45, 7) is 13.5. The lowest BCUT2D eigenvalue weighted by atomic mass is 9.82. The van der Waals surface area contributed by atoms with Crippen molar-refractivity contribution in [3.05, 3.63) is 29.8 Å². The summed E-state index contributed by atoms with van der Waals surface area (Å²) in [5.41, 5.74) is 16.0. The van der Waals surface area contributed by atoms with E-state index < -0.39 is 36.4 Å². The van der Waals surface area contributed by atoms with Gasteiger partial charge in [-0.1, -0.05) is 13.5 Å². The molecule has 5 rings (SSSR count). The molecule has 6 unspecified atom stereocenters. The average molecular weight is 660 g/mol. The zero-order chi connectivity index (χ0) is 33.7. The Bertz CT molecular complexity index is 1210. The molecule has 6 N–H and O–H groups in total. The highest BCUT2D eigenvalue weighted by Crippen LogP contribution is 2.30. The Labute approximate surface area is 279 Å². The summed E-state index contributed by atoms with van der Waals surface area (Å²) >= 11 is 0. The Morgan fingerprint density at radius 3 is 2.36 bits per heavy atom. The number of allylic oxidation sites excluding steroid dienone is 1. The molecule has 4 saturated heterocycles. The topological polar surface area (TPSA) is 123 Å². The first-order valence-corrected chi connectivity index (χ1v) is 17.9. The minimum atomic E-state index is -1.20. The van der Waals surface area contributed by atoms with E-state index in [0.717, 1.165) is 25.9 Å². The van der Waals surface area contributed by atoms with Crippen LogP contribution in [-0.4, -0.2) is 133 Å². The fourth-order valence-electron chi connectivity index (χ4n) is 8.76. The summed E-state index contributed by atoms with van der Waals surface area (Å²) in [6, 6.07) is -1.02. The van der Waals surface area contributed by atoms with Gasteiger partial charge in [0.25, 0.3) is 0 Å². The second kappa shape index (κ2) is 16.3. The third-order valence-corrected chi connectivity index (χ3v) is 11.4. The number of nitrogens with two attached hydrogens (primary N) is 2. The van der Waals surface area contributed by atoms with E-state index in [1.54, 1.807) is 17.6 Å². The molecule has 5 heterocycles. The molecule has 5 aliphatic heterocycles. The highest BCUT2D eigenvalue weighted by Gasteiger charge is 2.47. The van der Waals surface area contributed by atoms with E-state index in [9.17, 15) is 14.0 Å². The quantitative estimate of drug-likeness (QED) is 0.151. The highest BCUT2D eigenvalue weighted by molar-refractivity contribution is 5.81. The maximum Gasteiger partial charge on any atom is 0.233 e. The minimum Gasteiger partial charge on any atom is -0.350 e. The number of rotatable bonds is 11. The van der Waals surface area contributed by atoms with Crippen molar-refractivity contribution in [2.45, 2.75) is 95.3 Å². The summed E-state index contributed by atoms with van der Waals surface area (Å²) in [7, 11) is 0. The van der Waals surface area contributed by atoms with Crippen LogP contribution in [0.5, 0.6) is 0 Å². The van der Waals surface area contributed by atoms with Crippen LogP contribution in [0.3, 0.4) is 0 Å². The van der Waals surface area contributed by atoms with Gasteiger partial charge in [0.15, 0.2) is 24.6 Å². The van der Waals surface area contributed by atoms with Gasteiger partial charge >= 0.3 is 0 Å². The maximum atomic E-state index is 15.7. The molecule has 4 fully saturated rings. The first kappa shape index (κ1) is 35.8. The molecule has 0 spiro atoms. The number of hydrogen-bond donors (Lipinski definition) is 4. The smallest absolute Gasteiger partial charge is 0.233 e. The van der Waals surface area contributed by atoms with Crippen molar-refractivity contribution in [2.75, 3.05) is 58.9 Å². The number of nitrogens with zero attached hydrogens (tertiary/aromatic N) is 4. The third-order valence-electron chi connectivity index (χ3n) is 11.4. The number of likely N-dealkylation sites (tertiary alicyclic amines) is 3. The van der Waals surface area contributed by atoms with Gasteiger partial charge in [-0.05, 0) is 84.1 Å². The molecule has 12 heteroatoms. The van der Waals surface area contributed by atoms with Gasteiger partial charge in [0, 0.05) is 49.6 Å². The van der Waals surface area contributed by atoms with Crippen LogP contribution < -0.4 is 22.1 Å². The van der Waals surface area contributed by atoms with Gasteiger partial charge in [0.2, 0.25) is 11.8 Å². The fraction of sp³-hybridized carbons (Fsp3) is 0.771. The van der Waals surface area contributed by atoms with Gasteiger partial charge < -0.3 is 31.9 Å². The van der Waals surface area contributed by atoms with Crippen molar-refractivity contribution in [1.82, 2.24) is 25.3 Å². The number of alkyl halides is 1. The van der Waals surface area contributed by atoms with E-state index in [2.05, 4.69) is 37.6 Å². The number of halogens is 2. The Balaban J connectivity index is 1.23. The number of carbonyl (C=O) groups excluding carboxylic acids is 2. The Kier molecular flexibility index (Phi) is 12.4. The minimum absolute atomic E-state index is 0.0548. The second-order valence-electron chi connectivity index (χ2n) is 14.4. The molecule has 2 amide bonds. The van der Waals surface area contributed by atoms with Gasteiger partial charge in [0.1, 0.15) is 12.1 Å². The van der Waals surface area contributed by atoms with Gasteiger partial charge in [-0.25, -0.2) is 13.4 Å². The van der Waals surface area contributed by atoms with Crippen LogP contribution in [0.1, 0.15) is 58.8 Å². The van der Waals surface area contributed by atoms with E-state index >= 15 is 4.39 Å². The maximum absolute atomic E-state index is 15.7. The van der Waals surface area contributed by atoms with E-state index in [-0.39, 0.29) is 36.0 Å². The van der Waals surface area contributed by atoms with E-state index in [0.29, 0.717) is 57.1 Å². The zero-order valence-corrected chi connectivity index (χ0v) is 28.4. The molecule has 0 aromatic carbocycles. The van der Waals surface area contributed by atoms with Crippen molar-refractivity contribution in [2.24, 2.45) is 29.2 Å². The Morgan fingerprint density at radius 2 is 1.79 bits per heavy atom. The van der Waals surface area contributed by atoms with Gasteiger partial charge in [-0.3, -0.25) is 14.5 Å². The van der Waals surface area contributed by atoms with Crippen molar-refractivity contribution in [1.29, 1.82) is 0 Å². The number of piperidine rings is 3. The number of nitrogens with one attached hydrogen (secondary N) is 2. The summed E-state index contributed by atoms with van der Waals surface area (Å²) < 4.78 is 32.1. The van der Waals surface area contributed by atoms with Crippen LogP contribution in [0.4, 0.5) is 8.78 Å². The van der Waals surface area contributed by atoms with Crippen LogP contribution in [0.2, 0.25) is 0 Å². The van der Waals surface area contributed by atoms with Crippen LogP contribution in [-0.2, 0) is 9.59 Å². The average Bonchev–Trinajstić information content (AvgIpc) is 3.72. The molecular formula is C35H57F2N8O2+. The molecule has 0 radical (unpaired) electrons. The van der Waals surface area contributed by atoms with E-state index in [4.69, 9.17) is 11.5 Å². The molecule has 262 valence electrons. The Morgan fingerprint density at radius 1 is 1.11 bits per heavy atom. The predicted octanol–water partition coefficient (Wildman–Crippen LogP) is 1.52. The molecule has 5 aliphatic rings.